The van der Waals surface area contributed by atoms with Crippen LogP contribution < -0.4 is 5.32 Å². The smallest absolute Gasteiger partial charge is 0.225 e. The zero-order valence-corrected chi connectivity index (χ0v) is 16.8. The standard InChI is InChI=1S/C21H28N4O3/c1-15-4-6-18(7-5-15)20(22-17(3)26)13-21(27)25-10-8-24(9-11-25)14-19-12-16(2)23-28-19/h4-7,12,20H,8-11,13-14H2,1-3H3,(H,22,26)/t20-/m0/s1. The Bertz CT molecular complexity index is 807. The Hall–Kier alpha value is -2.67. The molecule has 2 heterocycles. The van der Waals surface area contributed by atoms with Gasteiger partial charge in [-0.1, -0.05) is 35.0 Å². The zero-order valence-electron chi connectivity index (χ0n) is 16.8. The van der Waals surface area contributed by atoms with Crippen LogP contribution in [0.5, 0.6) is 0 Å². The summed E-state index contributed by atoms with van der Waals surface area (Å²) < 4.78 is 5.28. The molecular weight excluding hydrogens is 356 g/mol. The molecule has 1 N–H and O–H groups in total. The lowest BCUT2D eigenvalue weighted by molar-refractivity contribution is -0.133. The van der Waals surface area contributed by atoms with Crippen LogP contribution in [0.3, 0.4) is 0 Å². The van der Waals surface area contributed by atoms with Crippen molar-refractivity contribution in [1.29, 1.82) is 0 Å². The minimum Gasteiger partial charge on any atom is -0.360 e. The van der Waals surface area contributed by atoms with Crippen molar-refractivity contribution < 1.29 is 14.1 Å². The van der Waals surface area contributed by atoms with E-state index in [0.29, 0.717) is 19.6 Å². The van der Waals surface area contributed by atoms with Gasteiger partial charge in [-0.05, 0) is 19.4 Å². The molecule has 1 atom stereocenters. The molecule has 28 heavy (non-hydrogen) atoms. The van der Waals surface area contributed by atoms with Crippen LogP contribution in [-0.2, 0) is 16.1 Å². The number of amides is 2. The molecule has 150 valence electrons. The third kappa shape index (κ3) is 5.42. The molecule has 0 radical (unpaired) electrons. The fourth-order valence-electron chi connectivity index (χ4n) is 3.47. The fourth-order valence-corrected chi connectivity index (χ4v) is 3.47. The highest BCUT2D eigenvalue weighted by atomic mass is 16.5. The normalized spacial score (nSPS) is 16.0. The van der Waals surface area contributed by atoms with Crippen molar-refractivity contribution in [3.05, 3.63) is 52.9 Å². The summed E-state index contributed by atoms with van der Waals surface area (Å²) in [6.45, 7) is 9.04. The molecule has 0 unspecified atom stereocenters. The van der Waals surface area contributed by atoms with Gasteiger partial charge in [0.15, 0.2) is 5.76 Å². The van der Waals surface area contributed by atoms with Crippen molar-refractivity contribution in [2.24, 2.45) is 0 Å². The Morgan fingerprint density at radius 3 is 2.39 bits per heavy atom. The molecule has 1 fully saturated rings. The highest BCUT2D eigenvalue weighted by molar-refractivity contribution is 5.79. The number of aromatic nitrogens is 1. The second-order valence-electron chi connectivity index (χ2n) is 7.46. The molecule has 7 nitrogen and oxygen atoms in total. The first kappa shape index (κ1) is 20.1. The topological polar surface area (TPSA) is 78.7 Å². The molecule has 0 spiro atoms. The van der Waals surface area contributed by atoms with Crippen LogP contribution in [0.25, 0.3) is 0 Å². The van der Waals surface area contributed by atoms with Crippen LogP contribution in [-0.4, -0.2) is 52.9 Å². The Morgan fingerprint density at radius 1 is 1.14 bits per heavy atom. The van der Waals surface area contributed by atoms with Gasteiger partial charge in [-0.2, -0.15) is 0 Å². The monoisotopic (exact) mass is 384 g/mol. The van der Waals surface area contributed by atoms with E-state index in [-0.39, 0.29) is 24.3 Å². The lowest BCUT2D eigenvalue weighted by Crippen LogP contribution is -2.49. The highest BCUT2D eigenvalue weighted by Crippen LogP contribution is 2.20. The van der Waals surface area contributed by atoms with Gasteiger partial charge >= 0.3 is 0 Å². The molecule has 2 amide bonds. The summed E-state index contributed by atoms with van der Waals surface area (Å²) in [5.74, 6) is 0.780. The molecule has 1 aliphatic rings. The van der Waals surface area contributed by atoms with Crippen molar-refractivity contribution in [3.8, 4) is 0 Å². The molecule has 2 aromatic rings. The van der Waals surface area contributed by atoms with Gasteiger partial charge in [0, 0.05) is 39.2 Å². The van der Waals surface area contributed by atoms with Gasteiger partial charge in [-0.25, -0.2) is 0 Å². The SMILES string of the molecule is CC(=O)N[C@@H](CC(=O)N1CCN(Cc2cc(C)no2)CC1)c1ccc(C)cc1. The van der Waals surface area contributed by atoms with Crippen molar-refractivity contribution in [2.75, 3.05) is 26.2 Å². The maximum atomic E-state index is 12.8. The summed E-state index contributed by atoms with van der Waals surface area (Å²) >= 11 is 0. The fraction of sp³-hybridized carbons (Fsp3) is 0.476. The Labute approximate surface area is 165 Å². The molecule has 3 rings (SSSR count). The van der Waals surface area contributed by atoms with Crippen molar-refractivity contribution >= 4 is 11.8 Å². The largest absolute Gasteiger partial charge is 0.360 e. The summed E-state index contributed by atoms with van der Waals surface area (Å²) in [6.07, 6.45) is 0.268. The van der Waals surface area contributed by atoms with Crippen LogP contribution in [0, 0.1) is 13.8 Å². The lowest BCUT2D eigenvalue weighted by Gasteiger charge is -2.35. The molecule has 7 heteroatoms. The van der Waals surface area contributed by atoms with Crippen LogP contribution in [0.1, 0.15) is 42.0 Å². The molecular formula is C21H28N4O3. The predicted molar refractivity (Wildman–Crippen MR) is 105 cm³/mol. The van der Waals surface area contributed by atoms with E-state index >= 15 is 0 Å². The molecule has 1 aromatic carbocycles. The van der Waals surface area contributed by atoms with Gasteiger partial charge in [0.05, 0.1) is 24.7 Å². The number of nitrogens with zero attached hydrogens (tertiary/aromatic N) is 3. The summed E-state index contributed by atoms with van der Waals surface area (Å²) in [4.78, 5) is 28.6. The molecule has 0 bridgehead atoms. The van der Waals surface area contributed by atoms with Crippen molar-refractivity contribution in [1.82, 2.24) is 20.3 Å². The Kier molecular flexibility index (Phi) is 6.46. The van der Waals surface area contributed by atoms with Crippen LogP contribution in [0.4, 0.5) is 0 Å². The lowest BCUT2D eigenvalue weighted by atomic mass is 10.0. The number of hydrogen-bond donors (Lipinski definition) is 1. The predicted octanol–water partition coefficient (Wildman–Crippen LogP) is 2.20. The van der Waals surface area contributed by atoms with E-state index in [0.717, 1.165) is 35.7 Å². The Morgan fingerprint density at radius 2 is 1.82 bits per heavy atom. The van der Waals surface area contributed by atoms with Gasteiger partial charge in [0.2, 0.25) is 11.8 Å². The van der Waals surface area contributed by atoms with Crippen molar-refractivity contribution in [3.63, 3.8) is 0 Å². The number of carbonyl (C=O) groups excluding carboxylic acids is 2. The number of piperazine rings is 1. The van der Waals surface area contributed by atoms with Gasteiger partial charge < -0.3 is 14.7 Å². The summed E-state index contributed by atoms with van der Waals surface area (Å²) in [7, 11) is 0. The number of carbonyl (C=O) groups is 2. The number of hydrogen-bond acceptors (Lipinski definition) is 5. The minimum absolute atomic E-state index is 0.0643. The van der Waals surface area contributed by atoms with E-state index in [4.69, 9.17) is 4.52 Å². The molecule has 0 aliphatic carbocycles. The first-order valence-corrected chi connectivity index (χ1v) is 9.66. The van der Waals surface area contributed by atoms with Crippen LogP contribution in [0.2, 0.25) is 0 Å². The number of nitrogens with one attached hydrogen (secondary N) is 1. The third-order valence-corrected chi connectivity index (χ3v) is 5.02. The Balaban J connectivity index is 1.55. The average molecular weight is 384 g/mol. The van der Waals surface area contributed by atoms with Gasteiger partial charge in [0.1, 0.15) is 0 Å². The van der Waals surface area contributed by atoms with E-state index in [1.54, 1.807) is 0 Å². The average Bonchev–Trinajstić information content (AvgIpc) is 3.06. The van der Waals surface area contributed by atoms with E-state index < -0.39 is 0 Å². The summed E-state index contributed by atoms with van der Waals surface area (Å²) in [5.41, 5.74) is 2.98. The number of rotatable bonds is 6. The van der Waals surface area contributed by atoms with E-state index in [1.165, 1.54) is 6.92 Å². The molecule has 0 saturated carbocycles. The highest BCUT2D eigenvalue weighted by Gasteiger charge is 2.25. The number of benzene rings is 1. The maximum absolute atomic E-state index is 12.8. The summed E-state index contributed by atoms with van der Waals surface area (Å²) in [6, 6.07) is 9.58. The van der Waals surface area contributed by atoms with Gasteiger partial charge in [-0.15, -0.1) is 0 Å². The van der Waals surface area contributed by atoms with E-state index in [1.807, 2.05) is 49.1 Å². The zero-order chi connectivity index (χ0) is 20.1. The van der Waals surface area contributed by atoms with Crippen molar-refractivity contribution in [2.45, 2.75) is 39.8 Å². The minimum atomic E-state index is -0.305. The number of aryl methyl sites for hydroxylation is 2. The second-order valence-corrected chi connectivity index (χ2v) is 7.46. The third-order valence-electron chi connectivity index (χ3n) is 5.02. The molecule has 1 aliphatic heterocycles. The molecule has 1 saturated heterocycles. The van der Waals surface area contributed by atoms with E-state index in [2.05, 4.69) is 15.4 Å². The van der Waals surface area contributed by atoms with Crippen LogP contribution in [0.15, 0.2) is 34.9 Å². The molecule has 1 aromatic heterocycles. The maximum Gasteiger partial charge on any atom is 0.225 e. The quantitative estimate of drug-likeness (QED) is 0.826. The van der Waals surface area contributed by atoms with Gasteiger partial charge in [-0.3, -0.25) is 14.5 Å². The first-order chi connectivity index (χ1) is 13.4. The van der Waals surface area contributed by atoms with Crippen LogP contribution >= 0.6 is 0 Å². The summed E-state index contributed by atoms with van der Waals surface area (Å²) in [5, 5.41) is 6.83. The first-order valence-electron chi connectivity index (χ1n) is 9.66. The van der Waals surface area contributed by atoms with Gasteiger partial charge in [0.25, 0.3) is 0 Å². The second kappa shape index (κ2) is 9.01. The van der Waals surface area contributed by atoms with E-state index in [9.17, 15) is 9.59 Å².